The standard InChI is InChI=1S/C17H31N9O7S/c18-7(4-11(19)27)13(29)24-8(2-1-3-23-17(21)22)14(30)25-9(5-12(20)28)15(31)26-10(6-34)16(32)33/h7-10,34H,1-6,18H2,(H2,19,27)(H2,20,28)(H,24,29)(H,25,30)(H,26,31)(H,32,33)(H4,21,22,23). The zero-order valence-electron chi connectivity index (χ0n) is 18.2. The number of thiol groups is 1. The van der Waals surface area contributed by atoms with Gasteiger partial charge >= 0.3 is 5.97 Å². The van der Waals surface area contributed by atoms with Crippen LogP contribution in [0.25, 0.3) is 0 Å². The molecule has 0 aromatic rings. The smallest absolute Gasteiger partial charge is 0.327 e. The number of carboxylic acid groups (broad SMARTS) is 1. The molecule has 4 atom stereocenters. The lowest BCUT2D eigenvalue weighted by atomic mass is 10.1. The summed E-state index contributed by atoms with van der Waals surface area (Å²) in [6.45, 7) is 0.1000. The lowest BCUT2D eigenvalue weighted by Crippen LogP contribution is -2.58. The van der Waals surface area contributed by atoms with Crippen LogP contribution in [0.15, 0.2) is 4.99 Å². The Bertz CT molecular complexity index is 804. The number of primary amides is 2. The van der Waals surface area contributed by atoms with Gasteiger partial charge in [0.1, 0.15) is 18.1 Å². The van der Waals surface area contributed by atoms with E-state index >= 15 is 0 Å². The molecule has 5 amide bonds. The van der Waals surface area contributed by atoms with Crippen molar-refractivity contribution in [3.8, 4) is 0 Å². The fraction of sp³-hybridized carbons (Fsp3) is 0.588. The maximum absolute atomic E-state index is 12.8. The molecule has 0 bridgehead atoms. The third-order valence-corrected chi connectivity index (χ3v) is 4.54. The second kappa shape index (κ2) is 15.3. The molecule has 0 fully saturated rings. The Hall–Kier alpha value is -3.60. The number of hydrogen-bond donors (Lipinski definition) is 10. The summed E-state index contributed by atoms with van der Waals surface area (Å²) in [5.74, 6) is -6.45. The molecule has 0 rings (SSSR count). The Morgan fingerprint density at radius 2 is 1.29 bits per heavy atom. The topological polar surface area (TPSA) is 301 Å². The fourth-order valence-corrected chi connectivity index (χ4v) is 2.75. The van der Waals surface area contributed by atoms with E-state index in [-0.39, 0.29) is 31.1 Å². The number of nitrogens with two attached hydrogens (primary N) is 5. The van der Waals surface area contributed by atoms with Crippen molar-refractivity contribution in [3.05, 3.63) is 0 Å². The number of carbonyl (C=O) groups is 6. The second-order valence-electron chi connectivity index (χ2n) is 7.10. The minimum atomic E-state index is -1.55. The maximum Gasteiger partial charge on any atom is 0.327 e. The van der Waals surface area contributed by atoms with Crippen LogP contribution < -0.4 is 44.6 Å². The van der Waals surface area contributed by atoms with E-state index in [0.717, 1.165) is 0 Å². The number of aliphatic imine (C=N–C) groups is 1. The van der Waals surface area contributed by atoms with Gasteiger partial charge in [-0.1, -0.05) is 0 Å². The summed E-state index contributed by atoms with van der Waals surface area (Å²) in [5.41, 5.74) is 26.2. The summed E-state index contributed by atoms with van der Waals surface area (Å²) in [6, 6.07) is -5.58. The summed E-state index contributed by atoms with van der Waals surface area (Å²) >= 11 is 3.82. The largest absolute Gasteiger partial charge is 0.480 e. The molecular weight excluding hydrogens is 474 g/mol. The Labute approximate surface area is 200 Å². The van der Waals surface area contributed by atoms with Gasteiger partial charge in [-0.15, -0.1) is 0 Å². The third-order valence-electron chi connectivity index (χ3n) is 4.17. The number of aliphatic carboxylic acids is 1. The van der Waals surface area contributed by atoms with Crippen molar-refractivity contribution in [1.29, 1.82) is 0 Å². The Balaban J connectivity index is 5.56. The van der Waals surface area contributed by atoms with E-state index in [2.05, 4.69) is 33.6 Å². The third kappa shape index (κ3) is 12.4. The summed E-state index contributed by atoms with van der Waals surface area (Å²) in [5, 5.41) is 15.8. The van der Waals surface area contributed by atoms with Gasteiger partial charge in [-0.2, -0.15) is 12.6 Å². The first-order valence-electron chi connectivity index (χ1n) is 9.90. The van der Waals surface area contributed by atoms with Crippen LogP contribution in [0.3, 0.4) is 0 Å². The Morgan fingerprint density at radius 1 is 0.794 bits per heavy atom. The van der Waals surface area contributed by atoms with Crippen molar-refractivity contribution in [2.75, 3.05) is 12.3 Å². The average Bonchev–Trinajstić information content (AvgIpc) is 2.71. The summed E-state index contributed by atoms with van der Waals surface area (Å²) in [7, 11) is 0. The monoisotopic (exact) mass is 505 g/mol. The van der Waals surface area contributed by atoms with Crippen LogP contribution in [0.2, 0.25) is 0 Å². The molecular formula is C17H31N9O7S. The number of amides is 5. The van der Waals surface area contributed by atoms with Gasteiger partial charge in [0, 0.05) is 12.3 Å². The fourth-order valence-electron chi connectivity index (χ4n) is 2.50. The number of guanidine groups is 1. The first-order chi connectivity index (χ1) is 15.8. The van der Waals surface area contributed by atoms with Crippen molar-refractivity contribution in [1.82, 2.24) is 16.0 Å². The number of carboxylic acids is 1. The van der Waals surface area contributed by atoms with Gasteiger partial charge in [0.25, 0.3) is 0 Å². The highest BCUT2D eigenvalue weighted by Crippen LogP contribution is 2.03. The molecule has 0 saturated carbocycles. The second-order valence-corrected chi connectivity index (χ2v) is 7.47. The van der Waals surface area contributed by atoms with Gasteiger partial charge in [0.15, 0.2) is 5.96 Å². The lowest BCUT2D eigenvalue weighted by molar-refractivity contribution is -0.141. The van der Waals surface area contributed by atoms with E-state index in [1.54, 1.807) is 0 Å². The highest BCUT2D eigenvalue weighted by atomic mass is 32.1. The van der Waals surface area contributed by atoms with Crippen LogP contribution in [0, 0.1) is 0 Å². The van der Waals surface area contributed by atoms with E-state index < -0.39 is 72.5 Å². The van der Waals surface area contributed by atoms with Crippen molar-refractivity contribution in [3.63, 3.8) is 0 Å². The van der Waals surface area contributed by atoms with Gasteiger partial charge in [-0.3, -0.25) is 29.0 Å². The predicted octanol–water partition coefficient (Wildman–Crippen LogP) is -5.41. The quantitative estimate of drug-likeness (QED) is 0.0410. The normalized spacial score (nSPS) is 13.9. The number of rotatable bonds is 16. The summed E-state index contributed by atoms with van der Waals surface area (Å²) < 4.78 is 0. The van der Waals surface area contributed by atoms with Gasteiger partial charge in [0.05, 0.1) is 18.9 Å². The van der Waals surface area contributed by atoms with Crippen LogP contribution in [-0.4, -0.2) is 83.0 Å². The van der Waals surface area contributed by atoms with Gasteiger partial charge in [0.2, 0.25) is 29.5 Å². The van der Waals surface area contributed by atoms with Crippen molar-refractivity contribution < 1.29 is 33.9 Å². The predicted molar refractivity (Wildman–Crippen MR) is 123 cm³/mol. The number of nitrogens with one attached hydrogen (secondary N) is 3. The molecule has 0 aliphatic heterocycles. The van der Waals surface area contributed by atoms with Crippen LogP contribution in [-0.2, 0) is 28.8 Å². The SMILES string of the molecule is NC(=O)CC(N)C(=O)NC(CCCN=C(N)N)C(=O)NC(CC(N)=O)C(=O)NC(CS)C(=O)O. The highest BCUT2D eigenvalue weighted by Gasteiger charge is 2.31. The minimum absolute atomic E-state index is 0.0308. The first kappa shape index (κ1) is 30.4. The minimum Gasteiger partial charge on any atom is -0.480 e. The zero-order chi connectivity index (χ0) is 26.4. The van der Waals surface area contributed by atoms with Crippen LogP contribution in [0.1, 0.15) is 25.7 Å². The average molecular weight is 506 g/mol. The van der Waals surface area contributed by atoms with Crippen LogP contribution in [0.5, 0.6) is 0 Å². The zero-order valence-corrected chi connectivity index (χ0v) is 19.1. The molecule has 0 aromatic carbocycles. The van der Waals surface area contributed by atoms with E-state index in [9.17, 15) is 28.8 Å². The molecule has 0 spiro atoms. The highest BCUT2D eigenvalue weighted by molar-refractivity contribution is 7.80. The van der Waals surface area contributed by atoms with Crippen molar-refractivity contribution in [2.45, 2.75) is 49.9 Å². The Morgan fingerprint density at radius 3 is 1.76 bits per heavy atom. The van der Waals surface area contributed by atoms with E-state index in [0.29, 0.717) is 0 Å². The van der Waals surface area contributed by atoms with E-state index in [1.165, 1.54) is 0 Å². The molecule has 14 N–H and O–H groups in total. The molecule has 17 heteroatoms. The van der Waals surface area contributed by atoms with Crippen molar-refractivity contribution >= 4 is 54.1 Å². The molecule has 0 aromatic heterocycles. The molecule has 16 nitrogen and oxygen atoms in total. The first-order valence-corrected chi connectivity index (χ1v) is 10.5. The molecule has 4 unspecified atom stereocenters. The molecule has 0 aliphatic carbocycles. The van der Waals surface area contributed by atoms with Gasteiger partial charge < -0.3 is 49.7 Å². The van der Waals surface area contributed by atoms with Gasteiger partial charge in [-0.05, 0) is 12.8 Å². The molecule has 0 aliphatic rings. The molecule has 0 heterocycles. The molecule has 0 saturated heterocycles. The van der Waals surface area contributed by atoms with E-state index in [4.69, 9.17) is 33.8 Å². The summed E-state index contributed by atoms with van der Waals surface area (Å²) in [4.78, 5) is 74.8. The molecule has 192 valence electrons. The number of hydrogen-bond acceptors (Lipinski definition) is 9. The van der Waals surface area contributed by atoms with Gasteiger partial charge in [-0.25, -0.2) is 4.79 Å². The lowest BCUT2D eigenvalue weighted by Gasteiger charge is -2.24. The van der Waals surface area contributed by atoms with Crippen LogP contribution in [0.4, 0.5) is 0 Å². The van der Waals surface area contributed by atoms with Crippen molar-refractivity contribution in [2.24, 2.45) is 33.7 Å². The molecule has 0 radical (unpaired) electrons. The van der Waals surface area contributed by atoms with Crippen LogP contribution >= 0.6 is 12.6 Å². The van der Waals surface area contributed by atoms with E-state index in [1.807, 2.05) is 0 Å². The number of nitrogens with zero attached hydrogens (tertiary/aromatic N) is 1. The molecule has 34 heavy (non-hydrogen) atoms. The maximum atomic E-state index is 12.8. The summed E-state index contributed by atoms with van der Waals surface area (Å²) in [6.07, 6.45) is -0.973. The number of carbonyl (C=O) groups excluding carboxylic acids is 5. The Kier molecular flexibility index (Phi) is 13.7.